The van der Waals surface area contributed by atoms with Gasteiger partial charge in [0.05, 0.1) is 17.4 Å². The summed E-state index contributed by atoms with van der Waals surface area (Å²) in [4.78, 5) is 10.4. The lowest BCUT2D eigenvalue weighted by molar-refractivity contribution is -0.385. The molecule has 1 aromatic rings. The predicted molar refractivity (Wildman–Crippen MR) is 62.9 cm³/mol. The van der Waals surface area contributed by atoms with E-state index in [4.69, 9.17) is 4.74 Å². The Hall–Kier alpha value is -1.27. The third-order valence-electron chi connectivity index (χ3n) is 2.42. The van der Waals surface area contributed by atoms with E-state index in [1.807, 2.05) is 6.07 Å². The van der Waals surface area contributed by atoms with Crippen LogP contribution in [0.25, 0.3) is 0 Å². The molecule has 1 aliphatic rings. The maximum atomic E-state index is 10.8. The van der Waals surface area contributed by atoms with Crippen LogP contribution in [0.1, 0.15) is 10.9 Å². The number of thioether (sulfide) groups is 1. The van der Waals surface area contributed by atoms with E-state index < -0.39 is 4.92 Å². The highest BCUT2D eigenvalue weighted by Crippen LogP contribution is 2.35. The van der Waals surface area contributed by atoms with E-state index in [9.17, 15) is 10.1 Å². The van der Waals surface area contributed by atoms with Gasteiger partial charge in [0.25, 0.3) is 0 Å². The van der Waals surface area contributed by atoms with Crippen LogP contribution in [0.2, 0.25) is 0 Å². The summed E-state index contributed by atoms with van der Waals surface area (Å²) in [5.74, 6) is 1.33. The molecule has 0 radical (unpaired) electrons. The first-order valence-electron chi connectivity index (χ1n) is 4.89. The van der Waals surface area contributed by atoms with Gasteiger partial charge in [-0.1, -0.05) is 6.07 Å². The number of hydrogen-bond donors (Lipinski definition) is 1. The molecule has 1 aromatic carbocycles. The molecule has 1 heterocycles. The second-order valence-electron chi connectivity index (χ2n) is 3.39. The Balaban J connectivity index is 2.34. The van der Waals surface area contributed by atoms with E-state index in [0.717, 1.165) is 17.9 Å². The second-order valence-corrected chi connectivity index (χ2v) is 4.61. The summed E-state index contributed by atoms with van der Waals surface area (Å²) >= 11 is 1.75. The van der Waals surface area contributed by atoms with Crippen LogP contribution in [-0.2, 0) is 0 Å². The fourth-order valence-electron chi connectivity index (χ4n) is 1.65. The zero-order chi connectivity index (χ0) is 11.5. The van der Waals surface area contributed by atoms with Crippen molar-refractivity contribution >= 4 is 17.4 Å². The molecule has 1 fully saturated rings. The van der Waals surface area contributed by atoms with Crippen LogP contribution >= 0.6 is 11.8 Å². The molecule has 1 unspecified atom stereocenters. The molecule has 0 aliphatic carbocycles. The third kappa shape index (κ3) is 2.12. The Bertz CT molecular complexity index is 405. The van der Waals surface area contributed by atoms with Crippen molar-refractivity contribution in [1.29, 1.82) is 0 Å². The van der Waals surface area contributed by atoms with Crippen molar-refractivity contribution in [3.63, 3.8) is 0 Å². The quantitative estimate of drug-likeness (QED) is 0.646. The van der Waals surface area contributed by atoms with Crippen LogP contribution in [0.4, 0.5) is 5.69 Å². The smallest absolute Gasteiger partial charge is 0.311 e. The van der Waals surface area contributed by atoms with Crippen LogP contribution in [0.15, 0.2) is 18.2 Å². The number of rotatable bonds is 3. The van der Waals surface area contributed by atoms with Gasteiger partial charge in [-0.15, -0.1) is 11.8 Å². The van der Waals surface area contributed by atoms with Crippen LogP contribution in [0.3, 0.4) is 0 Å². The first kappa shape index (κ1) is 11.2. The lowest BCUT2D eigenvalue weighted by Crippen LogP contribution is -2.12. The van der Waals surface area contributed by atoms with E-state index >= 15 is 0 Å². The number of ether oxygens (including phenoxy) is 1. The van der Waals surface area contributed by atoms with Crippen molar-refractivity contribution < 1.29 is 9.66 Å². The van der Waals surface area contributed by atoms with Crippen molar-refractivity contribution in [2.45, 2.75) is 5.37 Å². The molecule has 0 saturated carbocycles. The normalized spacial score (nSPS) is 19.7. The van der Waals surface area contributed by atoms with E-state index in [-0.39, 0.29) is 11.1 Å². The summed E-state index contributed by atoms with van der Waals surface area (Å²) in [6.07, 6.45) is 0. The molecule has 6 heteroatoms. The van der Waals surface area contributed by atoms with Gasteiger partial charge in [0, 0.05) is 18.4 Å². The van der Waals surface area contributed by atoms with Crippen molar-refractivity contribution in [2.24, 2.45) is 0 Å². The van der Waals surface area contributed by atoms with Crippen molar-refractivity contribution in [3.8, 4) is 5.75 Å². The predicted octanol–water partition coefficient (Wildman–Crippen LogP) is 1.94. The zero-order valence-corrected chi connectivity index (χ0v) is 9.62. The van der Waals surface area contributed by atoms with Gasteiger partial charge in [-0.3, -0.25) is 10.1 Å². The minimum Gasteiger partial charge on any atom is -0.490 e. The van der Waals surface area contributed by atoms with Gasteiger partial charge in [-0.25, -0.2) is 0 Å². The second kappa shape index (κ2) is 4.71. The van der Waals surface area contributed by atoms with Gasteiger partial charge in [-0.05, 0) is 11.6 Å². The summed E-state index contributed by atoms with van der Waals surface area (Å²) in [5, 5.41) is 14.3. The van der Waals surface area contributed by atoms with Crippen molar-refractivity contribution in [1.82, 2.24) is 5.32 Å². The minimum absolute atomic E-state index is 0.0225. The number of nitro benzene ring substituents is 1. The standard InChI is InChI=1S/C10H12N2O3S/c1-15-9-3-2-7(6-8(9)12(13)14)10-11-4-5-16-10/h2-3,6,10-11H,4-5H2,1H3. The zero-order valence-electron chi connectivity index (χ0n) is 8.80. The molecule has 0 amide bonds. The number of nitrogens with zero attached hydrogens (tertiary/aromatic N) is 1. The van der Waals surface area contributed by atoms with Crippen LogP contribution in [0, 0.1) is 10.1 Å². The summed E-state index contributed by atoms with van der Waals surface area (Å²) in [7, 11) is 1.44. The Labute approximate surface area is 97.3 Å². The fraction of sp³-hybridized carbons (Fsp3) is 0.400. The molecule has 5 nitrogen and oxygen atoms in total. The molecule has 2 rings (SSSR count). The molecule has 1 N–H and O–H groups in total. The number of methoxy groups -OCH3 is 1. The van der Waals surface area contributed by atoms with Gasteiger partial charge >= 0.3 is 5.69 Å². The molecule has 16 heavy (non-hydrogen) atoms. The molecular weight excluding hydrogens is 228 g/mol. The summed E-state index contributed by atoms with van der Waals surface area (Å²) in [6, 6.07) is 5.09. The summed E-state index contributed by atoms with van der Waals surface area (Å²) < 4.78 is 4.96. The van der Waals surface area contributed by atoms with Gasteiger partial charge in [-0.2, -0.15) is 0 Å². The molecular formula is C10H12N2O3S. The first-order chi connectivity index (χ1) is 7.72. The highest BCUT2D eigenvalue weighted by atomic mass is 32.2. The molecule has 0 spiro atoms. The highest BCUT2D eigenvalue weighted by Gasteiger charge is 2.21. The monoisotopic (exact) mass is 240 g/mol. The van der Waals surface area contributed by atoms with Gasteiger partial charge in [0.15, 0.2) is 5.75 Å². The molecule has 0 aromatic heterocycles. The minimum atomic E-state index is -0.415. The Morgan fingerprint density at radius 1 is 1.62 bits per heavy atom. The molecule has 1 saturated heterocycles. The molecule has 0 bridgehead atoms. The lowest BCUT2D eigenvalue weighted by atomic mass is 10.2. The van der Waals surface area contributed by atoms with Crippen molar-refractivity contribution in [3.05, 3.63) is 33.9 Å². The fourth-order valence-corrected chi connectivity index (χ4v) is 2.70. The molecule has 86 valence electrons. The molecule has 1 aliphatic heterocycles. The Kier molecular flexibility index (Phi) is 3.31. The summed E-state index contributed by atoms with van der Waals surface area (Å²) in [5.41, 5.74) is 0.948. The average molecular weight is 240 g/mol. The topological polar surface area (TPSA) is 64.4 Å². The van der Waals surface area contributed by atoms with Gasteiger partial charge in [0.2, 0.25) is 0 Å². The maximum Gasteiger partial charge on any atom is 0.311 e. The average Bonchev–Trinajstić information content (AvgIpc) is 2.81. The number of nitro groups is 1. The van der Waals surface area contributed by atoms with Crippen LogP contribution in [-0.4, -0.2) is 24.3 Å². The molecule has 1 atom stereocenters. The lowest BCUT2D eigenvalue weighted by Gasteiger charge is -2.10. The number of nitrogens with one attached hydrogen (secondary N) is 1. The van der Waals surface area contributed by atoms with E-state index in [2.05, 4.69) is 5.32 Å². The summed E-state index contributed by atoms with van der Waals surface area (Å²) in [6.45, 7) is 0.940. The third-order valence-corrected chi connectivity index (χ3v) is 3.63. The Morgan fingerprint density at radius 2 is 2.44 bits per heavy atom. The van der Waals surface area contributed by atoms with Crippen LogP contribution < -0.4 is 10.1 Å². The first-order valence-corrected chi connectivity index (χ1v) is 5.94. The van der Waals surface area contributed by atoms with Gasteiger partial charge in [0.1, 0.15) is 0 Å². The van der Waals surface area contributed by atoms with E-state index in [1.165, 1.54) is 7.11 Å². The SMILES string of the molecule is COc1ccc(C2NCCS2)cc1[N+](=O)[O-]. The van der Waals surface area contributed by atoms with Crippen LogP contribution in [0.5, 0.6) is 5.75 Å². The van der Waals surface area contributed by atoms with Gasteiger partial charge < -0.3 is 10.1 Å². The number of hydrogen-bond acceptors (Lipinski definition) is 5. The maximum absolute atomic E-state index is 10.8. The van der Waals surface area contributed by atoms with E-state index in [1.54, 1.807) is 23.9 Å². The Morgan fingerprint density at radius 3 is 3.00 bits per heavy atom. The largest absolute Gasteiger partial charge is 0.490 e. The number of benzene rings is 1. The van der Waals surface area contributed by atoms with Crippen molar-refractivity contribution in [2.75, 3.05) is 19.4 Å². The van der Waals surface area contributed by atoms with E-state index in [0.29, 0.717) is 5.75 Å². The highest BCUT2D eigenvalue weighted by molar-refractivity contribution is 7.99.